The van der Waals surface area contributed by atoms with Gasteiger partial charge in [-0.15, -0.1) is 0 Å². The predicted molar refractivity (Wildman–Crippen MR) is 310 cm³/mol. The third-order valence-electron chi connectivity index (χ3n) is 12.0. The zero-order valence-corrected chi connectivity index (χ0v) is 45.4. The number of hydrogen-bond donors (Lipinski definition) is 10. The molecule has 0 unspecified atom stereocenters. The van der Waals surface area contributed by atoms with Crippen molar-refractivity contribution in [3.8, 4) is 11.5 Å². The SMILES string of the molecule is CNc1cc(NC(=O)Nc2ccc(C3=NCCN3)cc2)cc(C(=O)NCC(=O)N(C)CC(=O)N(C)CC(=O)NCCOc2ccc(/C=C3\SC(=Nc4ccccc4)C(C(=O)OF)=C3O)cc2O)c1.O=CNc1ccc(C2=NCCN2)cc1. The molecule has 7 amide bonds. The molecule has 10 N–H and O–H groups in total. The normalized spacial score (nSPS) is 14.1. The van der Waals surface area contributed by atoms with Crippen molar-refractivity contribution >= 4 is 105 Å². The van der Waals surface area contributed by atoms with Gasteiger partial charge in [-0.1, -0.05) is 36.0 Å². The number of amides is 7. The van der Waals surface area contributed by atoms with Crippen LogP contribution in [0, 0.1) is 0 Å². The first-order valence-corrected chi connectivity index (χ1v) is 26.1. The van der Waals surface area contributed by atoms with E-state index in [1.807, 2.05) is 36.4 Å². The van der Waals surface area contributed by atoms with Gasteiger partial charge in [0.1, 0.15) is 34.7 Å². The number of ether oxygens (including phenoxy) is 1. The van der Waals surface area contributed by atoms with Crippen molar-refractivity contribution in [1.29, 1.82) is 0 Å². The van der Waals surface area contributed by atoms with Crippen molar-refractivity contribution in [2.75, 3.05) is 101 Å². The van der Waals surface area contributed by atoms with Gasteiger partial charge < -0.3 is 67.3 Å². The zero-order chi connectivity index (χ0) is 58.5. The maximum atomic E-state index is 13.1. The number of nitrogens with one attached hydrogen (secondary N) is 8. The lowest BCUT2D eigenvalue weighted by atomic mass is 10.1. The molecule has 3 aliphatic rings. The molecule has 0 fully saturated rings. The van der Waals surface area contributed by atoms with Crippen molar-refractivity contribution in [2.24, 2.45) is 15.0 Å². The van der Waals surface area contributed by atoms with Crippen LogP contribution < -0.4 is 47.3 Å². The first-order chi connectivity index (χ1) is 39.6. The Morgan fingerprint density at radius 3 is 2.00 bits per heavy atom. The first kappa shape index (κ1) is 59.4. The van der Waals surface area contributed by atoms with Crippen LogP contribution in [0.3, 0.4) is 0 Å². The van der Waals surface area contributed by atoms with Crippen molar-refractivity contribution in [2.45, 2.75) is 0 Å². The minimum Gasteiger partial charge on any atom is -0.506 e. The van der Waals surface area contributed by atoms with E-state index in [0.717, 1.165) is 69.7 Å². The van der Waals surface area contributed by atoms with E-state index in [-0.39, 0.29) is 53.3 Å². The van der Waals surface area contributed by atoms with Gasteiger partial charge >= 0.3 is 12.0 Å². The number of rotatable bonds is 21. The molecule has 26 heteroatoms. The molecule has 0 radical (unpaired) electrons. The number of carbonyl (C=O) groups excluding carboxylic acids is 7. The molecule has 0 bridgehead atoms. The number of anilines is 4. The summed E-state index contributed by atoms with van der Waals surface area (Å²) in [4.78, 5) is 105. The number of hydrogen-bond acceptors (Lipinski definition) is 18. The molecule has 5 aromatic rings. The summed E-state index contributed by atoms with van der Waals surface area (Å²) in [5.74, 6) is -2.71. The lowest BCUT2D eigenvalue weighted by molar-refractivity contribution is -0.177. The number of amidine groups is 2. The summed E-state index contributed by atoms with van der Waals surface area (Å²) in [7, 11) is 4.41. The number of aliphatic imine (C=N–C) groups is 3. The molecule has 0 aliphatic carbocycles. The summed E-state index contributed by atoms with van der Waals surface area (Å²) in [5, 5.41) is 43.8. The molecule has 0 aromatic heterocycles. The van der Waals surface area contributed by atoms with Crippen LogP contribution in [0.1, 0.15) is 27.0 Å². The summed E-state index contributed by atoms with van der Waals surface area (Å²) in [5.41, 5.74) is 4.66. The lowest BCUT2D eigenvalue weighted by Crippen LogP contribution is -2.46. The smallest absolute Gasteiger partial charge is 0.386 e. The number of nitrogens with zero attached hydrogens (tertiary/aromatic N) is 5. The molecular formula is C56H58FN13O11S. The number of phenols is 1. The van der Waals surface area contributed by atoms with Gasteiger partial charge in [0.25, 0.3) is 5.91 Å². The Morgan fingerprint density at radius 2 is 1.39 bits per heavy atom. The molecule has 3 heterocycles. The van der Waals surface area contributed by atoms with Gasteiger partial charge in [0, 0.05) is 78.2 Å². The quantitative estimate of drug-likeness (QED) is 0.0344. The van der Waals surface area contributed by atoms with Crippen molar-refractivity contribution in [1.82, 2.24) is 31.1 Å². The Kier molecular flexibility index (Phi) is 21.1. The van der Waals surface area contributed by atoms with E-state index in [0.29, 0.717) is 41.3 Å². The minimum atomic E-state index is -1.42. The van der Waals surface area contributed by atoms with Gasteiger partial charge in [0.15, 0.2) is 11.5 Å². The van der Waals surface area contributed by atoms with E-state index in [4.69, 9.17) is 4.74 Å². The number of aromatic hydroxyl groups is 1. The van der Waals surface area contributed by atoms with Gasteiger partial charge in [-0.25, -0.2) is 19.5 Å². The van der Waals surface area contributed by atoms with E-state index in [1.54, 1.807) is 67.7 Å². The third-order valence-corrected chi connectivity index (χ3v) is 13.0. The largest absolute Gasteiger partial charge is 0.506 e. The Hall–Kier alpha value is -10.2. The van der Waals surface area contributed by atoms with Gasteiger partial charge in [0.2, 0.25) is 24.1 Å². The zero-order valence-electron chi connectivity index (χ0n) is 44.6. The van der Waals surface area contributed by atoms with E-state index < -0.39 is 53.5 Å². The highest BCUT2D eigenvalue weighted by molar-refractivity contribution is 8.18. The third kappa shape index (κ3) is 16.9. The van der Waals surface area contributed by atoms with Crippen LogP contribution in [0.15, 0.2) is 146 Å². The number of carbonyl (C=O) groups is 7. The lowest BCUT2D eigenvalue weighted by Gasteiger charge is -2.22. The molecule has 24 nitrogen and oxygen atoms in total. The van der Waals surface area contributed by atoms with E-state index >= 15 is 0 Å². The fourth-order valence-electron chi connectivity index (χ4n) is 7.82. The maximum Gasteiger partial charge on any atom is 0.386 e. The van der Waals surface area contributed by atoms with Crippen LogP contribution in [0.2, 0.25) is 0 Å². The number of likely N-dealkylation sites (N-methyl/N-ethyl adjacent to an activating group) is 2. The van der Waals surface area contributed by atoms with Gasteiger partial charge in [-0.05, 0) is 103 Å². The molecule has 3 aliphatic heterocycles. The van der Waals surface area contributed by atoms with E-state index in [2.05, 4.69) is 62.5 Å². The first-order valence-electron chi connectivity index (χ1n) is 25.3. The van der Waals surface area contributed by atoms with Crippen LogP contribution >= 0.6 is 11.8 Å². The number of benzene rings is 5. The summed E-state index contributed by atoms with van der Waals surface area (Å²) in [6.07, 6.45) is 2.12. The Bertz CT molecular complexity index is 3340. The van der Waals surface area contributed by atoms with Crippen molar-refractivity contribution in [3.05, 3.63) is 154 Å². The molecular weight excluding hydrogens is 1080 g/mol. The number of urea groups is 1. The number of thioether (sulfide) groups is 1. The molecule has 0 saturated carbocycles. The fraction of sp³-hybridized carbons (Fsp3) is 0.214. The van der Waals surface area contributed by atoms with E-state index in [9.17, 15) is 48.3 Å². The number of phenolic OH excluding ortho intramolecular Hbond substituents is 1. The van der Waals surface area contributed by atoms with Gasteiger partial charge in [-0.3, -0.25) is 34.0 Å². The summed E-state index contributed by atoms with van der Waals surface area (Å²) in [6, 6.07) is 31.7. The Labute approximate surface area is 473 Å². The number of aliphatic hydroxyl groups excluding tert-OH is 1. The Morgan fingerprint density at radius 1 is 0.756 bits per heavy atom. The molecule has 0 saturated heterocycles. The standard InChI is InChI=1S/C46H47FN10O10S.C10H11N3O/c1-48-32-21-29(22-33(23-32)55-46(65)54-31-12-10-28(11-13-31)42-50-15-16-51-42)43(63)52-24-38(60)57(3)26-39(61)56(2)25-37(59)49-17-18-66-35-14-9-27(19-34(35)58)20-36-41(62)40(45(64)67-47)44(68-36)53-30-7-5-4-6-8-30;14-7-13-9-3-1-8(2-4-9)10-11-5-6-12-10/h4-14,19-23,48,58,62H,15-18,24-26H2,1-3H3,(H,49,59)(H,50,51)(H,52,63)(H2,54,55,65);1-4,7H,5-6H2,(H,11,12)(H,13,14)/b36-20-,53-44?;. The Balaban J connectivity index is 0.000000598. The number of aliphatic hydroxyl groups is 1. The molecule has 426 valence electrons. The van der Waals surface area contributed by atoms with Gasteiger partial charge in [0.05, 0.1) is 49.9 Å². The highest BCUT2D eigenvalue weighted by Crippen LogP contribution is 2.41. The summed E-state index contributed by atoms with van der Waals surface area (Å²) >= 11 is 0.902. The summed E-state index contributed by atoms with van der Waals surface area (Å²) in [6.45, 7) is 1.99. The minimum absolute atomic E-state index is 0.00212. The van der Waals surface area contributed by atoms with Crippen LogP contribution in [0.5, 0.6) is 11.5 Å². The van der Waals surface area contributed by atoms with E-state index in [1.165, 1.54) is 38.4 Å². The van der Waals surface area contributed by atoms with Gasteiger partial charge in [-0.2, -0.15) is 0 Å². The van der Waals surface area contributed by atoms with Crippen molar-refractivity contribution < 1.29 is 58.0 Å². The highest BCUT2D eigenvalue weighted by atomic mass is 32.2. The fourth-order valence-corrected chi connectivity index (χ4v) is 8.85. The predicted octanol–water partition coefficient (Wildman–Crippen LogP) is 4.93. The average molecular weight is 1140 g/mol. The van der Waals surface area contributed by atoms with Crippen LogP contribution in [0.4, 0.5) is 37.8 Å². The molecule has 0 spiro atoms. The maximum absolute atomic E-state index is 13.1. The topological polar surface area (TPSA) is 318 Å². The second-order valence-electron chi connectivity index (χ2n) is 17.9. The highest BCUT2D eigenvalue weighted by Gasteiger charge is 2.34. The molecule has 8 rings (SSSR count). The number of halogens is 1. The second-order valence-corrected chi connectivity index (χ2v) is 18.9. The van der Waals surface area contributed by atoms with Crippen molar-refractivity contribution in [3.63, 3.8) is 0 Å². The second kappa shape index (κ2) is 29.1. The molecule has 82 heavy (non-hydrogen) atoms. The molecule has 5 aromatic carbocycles. The van der Waals surface area contributed by atoms with Crippen LogP contribution in [0.25, 0.3) is 6.08 Å². The number of para-hydroxylation sites is 1. The monoisotopic (exact) mass is 1140 g/mol. The van der Waals surface area contributed by atoms with Crippen LogP contribution in [-0.2, 0) is 28.9 Å². The average Bonchev–Trinajstić information content (AvgIpc) is 4.33. The summed E-state index contributed by atoms with van der Waals surface area (Å²) < 4.78 is 18.5. The van der Waals surface area contributed by atoms with Crippen LogP contribution in [-0.4, -0.2) is 159 Å². The molecule has 0 atom stereocenters.